The van der Waals surface area contributed by atoms with E-state index in [1.165, 1.54) is 25.7 Å². The van der Waals surface area contributed by atoms with Crippen LogP contribution in [0.4, 0.5) is 0 Å². The normalized spacial score (nSPS) is 26.1. The minimum Gasteiger partial charge on any atom is -0.354 e. The highest BCUT2D eigenvalue weighted by Crippen LogP contribution is 2.42. The van der Waals surface area contributed by atoms with E-state index < -0.39 is 0 Å². The molecule has 5 nitrogen and oxygen atoms in total. The predicted molar refractivity (Wildman–Crippen MR) is 65.1 cm³/mol. The van der Waals surface area contributed by atoms with Crippen LogP contribution in [-0.2, 0) is 11.2 Å². The lowest BCUT2D eigenvalue weighted by atomic mass is 10.2. The zero-order valence-corrected chi connectivity index (χ0v) is 10.4. The lowest BCUT2D eigenvalue weighted by Crippen LogP contribution is -2.33. The van der Waals surface area contributed by atoms with Crippen LogP contribution in [-0.4, -0.2) is 27.2 Å². The fourth-order valence-corrected chi connectivity index (χ4v) is 2.80. The highest BCUT2D eigenvalue weighted by molar-refractivity contribution is 5.81. The minimum absolute atomic E-state index is 0.0515. The van der Waals surface area contributed by atoms with Gasteiger partial charge in [-0.3, -0.25) is 4.79 Å². The number of carbonyl (C=O) groups is 1. The van der Waals surface area contributed by atoms with Crippen molar-refractivity contribution in [2.45, 2.75) is 50.5 Å². The second-order valence-corrected chi connectivity index (χ2v) is 5.86. The SMILES string of the molecule is O=C(NCC1CC1)C1CCc2nnc(C3CC3)n21. The van der Waals surface area contributed by atoms with Crippen LogP contribution in [0.3, 0.4) is 0 Å². The number of rotatable bonds is 4. The largest absolute Gasteiger partial charge is 0.354 e. The van der Waals surface area contributed by atoms with E-state index >= 15 is 0 Å². The molecule has 1 amide bonds. The van der Waals surface area contributed by atoms with Crippen molar-refractivity contribution in [1.29, 1.82) is 0 Å². The van der Waals surface area contributed by atoms with Crippen LogP contribution >= 0.6 is 0 Å². The third-order valence-corrected chi connectivity index (χ3v) is 4.25. The van der Waals surface area contributed by atoms with E-state index in [-0.39, 0.29) is 11.9 Å². The predicted octanol–water partition coefficient (Wildman–Crippen LogP) is 1.17. The highest BCUT2D eigenvalue weighted by Gasteiger charge is 2.38. The van der Waals surface area contributed by atoms with Crippen molar-refractivity contribution in [3.8, 4) is 0 Å². The molecule has 0 aromatic carbocycles. The van der Waals surface area contributed by atoms with Gasteiger partial charge >= 0.3 is 0 Å². The zero-order valence-electron chi connectivity index (χ0n) is 10.4. The maximum Gasteiger partial charge on any atom is 0.243 e. The van der Waals surface area contributed by atoms with Gasteiger partial charge in [-0.1, -0.05) is 0 Å². The van der Waals surface area contributed by atoms with E-state index in [1.54, 1.807) is 0 Å². The second kappa shape index (κ2) is 3.80. The number of amides is 1. The molecule has 3 aliphatic rings. The Balaban J connectivity index is 1.53. The number of fused-ring (bicyclic) bond motifs is 1. The van der Waals surface area contributed by atoms with Crippen molar-refractivity contribution in [2.75, 3.05) is 6.54 Å². The summed E-state index contributed by atoms with van der Waals surface area (Å²) in [5.41, 5.74) is 0. The molecule has 4 rings (SSSR count). The summed E-state index contributed by atoms with van der Waals surface area (Å²) in [6, 6.07) is -0.0515. The first-order valence-corrected chi connectivity index (χ1v) is 7.04. The zero-order chi connectivity index (χ0) is 12.1. The molecule has 18 heavy (non-hydrogen) atoms. The van der Waals surface area contributed by atoms with E-state index in [2.05, 4.69) is 20.1 Å². The molecule has 1 atom stereocenters. The van der Waals surface area contributed by atoms with Crippen LogP contribution in [0, 0.1) is 5.92 Å². The van der Waals surface area contributed by atoms with Crippen LogP contribution < -0.4 is 5.32 Å². The fourth-order valence-electron chi connectivity index (χ4n) is 2.80. The molecular weight excluding hydrogens is 228 g/mol. The molecule has 2 fully saturated rings. The highest BCUT2D eigenvalue weighted by atomic mass is 16.2. The summed E-state index contributed by atoms with van der Waals surface area (Å²) in [5, 5.41) is 11.6. The van der Waals surface area contributed by atoms with Gasteiger partial charge in [-0.05, 0) is 38.0 Å². The Morgan fingerprint density at radius 1 is 1.22 bits per heavy atom. The van der Waals surface area contributed by atoms with Crippen molar-refractivity contribution in [1.82, 2.24) is 20.1 Å². The first-order chi connectivity index (χ1) is 8.83. The van der Waals surface area contributed by atoms with Crippen molar-refractivity contribution < 1.29 is 4.79 Å². The quantitative estimate of drug-likeness (QED) is 0.867. The first kappa shape index (κ1) is 10.5. The molecule has 2 heterocycles. The summed E-state index contributed by atoms with van der Waals surface area (Å²) in [6.45, 7) is 0.853. The molecule has 0 bridgehead atoms. The van der Waals surface area contributed by atoms with Gasteiger partial charge in [-0.15, -0.1) is 10.2 Å². The molecular formula is C13H18N4O. The van der Waals surface area contributed by atoms with E-state index in [9.17, 15) is 4.79 Å². The van der Waals surface area contributed by atoms with E-state index in [4.69, 9.17) is 0 Å². The molecule has 1 aliphatic heterocycles. The Labute approximate surface area is 106 Å². The summed E-state index contributed by atoms with van der Waals surface area (Å²) in [4.78, 5) is 12.2. The van der Waals surface area contributed by atoms with Crippen molar-refractivity contribution in [3.05, 3.63) is 11.6 Å². The summed E-state index contributed by atoms with van der Waals surface area (Å²) < 4.78 is 2.11. The Kier molecular flexibility index (Phi) is 2.22. The van der Waals surface area contributed by atoms with E-state index in [0.29, 0.717) is 5.92 Å². The molecule has 1 N–H and O–H groups in total. The lowest BCUT2D eigenvalue weighted by Gasteiger charge is -2.15. The van der Waals surface area contributed by atoms with Crippen LogP contribution in [0.5, 0.6) is 0 Å². The van der Waals surface area contributed by atoms with Gasteiger partial charge in [0.05, 0.1) is 0 Å². The topological polar surface area (TPSA) is 59.8 Å². The van der Waals surface area contributed by atoms with Gasteiger partial charge in [0.15, 0.2) is 0 Å². The van der Waals surface area contributed by atoms with Crippen LogP contribution in [0.2, 0.25) is 0 Å². The molecule has 96 valence electrons. The monoisotopic (exact) mass is 246 g/mol. The maximum atomic E-state index is 12.2. The van der Waals surface area contributed by atoms with Crippen LogP contribution in [0.15, 0.2) is 0 Å². The average Bonchev–Trinajstić information content (AvgIpc) is 3.27. The third kappa shape index (κ3) is 1.72. The standard InChI is InChI=1S/C13H18N4O/c18-13(14-7-8-1-2-8)10-5-6-11-15-16-12(17(10)11)9-3-4-9/h8-10H,1-7H2,(H,14,18). The van der Waals surface area contributed by atoms with Crippen LogP contribution in [0.25, 0.3) is 0 Å². The molecule has 0 saturated heterocycles. The van der Waals surface area contributed by atoms with E-state index in [1.807, 2.05) is 0 Å². The van der Waals surface area contributed by atoms with Crippen LogP contribution in [0.1, 0.15) is 55.7 Å². The summed E-state index contributed by atoms with van der Waals surface area (Å²) in [5.74, 6) is 3.52. The molecule has 1 aromatic heterocycles. The summed E-state index contributed by atoms with van der Waals surface area (Å²) in [6.07, 6.45) is 6.73. The van der Waals surface area contributed by atoms with Gasteiger partial charge in [-0.2, -0.15) is 0 Å². The number of aryl methyl sites for hydroxylation is 1. The number of aromatic nitrogens is 3. The van der Waals surface area contributed by atoms with Gasteiger partial charge < -0.3 is 9.88 Å². The Morgan fingerprint density at radius 2 is 2.06 bits per heavy atom. The lowest BCUT2D eigenvalue weighted by molar-refractivity contribution is -0.124. The number of hydrogen-bond donors (Lipinski definition) is 1. The van der Waals surface area contributed by atoms with Gasteiger partial charge in [0, 0.05) is 18.9 Å². The number of nitrogens with zero attached hydrogens (tertiary/aromatic N) is 3. The molecule has 2 saturated carbocycles. The molecule has 2 aliphatic carbocycles. The molecule has 0 spiro atoms. The van der Waals surface area contributed by atoms with Gasteiger partial charge in [0.1, 0.15) is 17.7 Å². The number of carbonyl (C=O) groups excluding carboxylic acids is 1. The van der Waals surface area contributed by atoms with Crippen molar-refractivity contribution in [3.63, 3.8) is 0 Å². The molecule has 1 unspecified atom stereocenters. The van der Waals surface area contributed by atoms with Crippen molar-refractivity contribution in [2.24, 2.45) is 5.92 Å². The smallest absolute Gasteiger partial charge is 0.243 e. The summed E-state index contributed by atoms with van der Waals surface area (Å²) >= 11 is 0. The fraction of sp³-hybridized carbons (Fsp3) is 0.769. The second-order valence-electron chi connectivity index (χ2n) is 5.86. The Hall–Kier alpha value is -1.39. The van der Waals surface area contributed by atoms with Gasteiger partial charge in [0.2, 0.25) is 5.91 Å². The molecule has 5 heteroatoms. The Morgan fingerprint density at radius 3 is 2.78 bits per heavy atom. The third-order valence-electron chi connectivity index (χ3n) is 4.25. The number of hydrogen-bond acceptors (Lipinski definition) is 3. The minimum atomic E-state index is -0.0515. The number of nitrogens with one attached hydrogen (secondary N) is 1. The van der Waals surface area contributed by atoms with Gasteiger partial charge in [-0.25, -0.2) is 0 Å². The molecule has 0 radical (unpaired) electrons. The Bertz CT molecular complexity index is 487. The van der Waals surface area contributed by atoms with Crippen molar-refractivity contribution >= 4 is 5.91 Å². The summed E-state index contributed by atoms with van der Waals surface area (Å²) in [7, 11) is 0. The first-order valence-electron chi connectivity index (χ1n) is 7.04. The maximum absolute atomic E-state index is 12.2. The van der Waals surface area contributed by atoms with Gasteiger partial charge in [0.25, 0.3) is 0 Å². The average molecular weight is 246 g/mol. The van der Waals surface area contributed by atoms with E-state index in [0.717, 1.165) is 37.0 Å². The molecule has 1 aromatic rings.